The van der Waals surface area contributed by atoms with Crippen molar-refractivity contribution in [1.82, 2.24) is 15.3 Å². The van der Waals surface area contributed by atoms with Crippen LogP contribution < -0.4 is 14.8 Å². The lowest BCUT2D eigenvalue weighted by Gasteiger charge is -2.19. The Labute approximate surface area is 128 Å². The van der Waals surface area contributed by atoms with Gasteiger partial charge in [-0.15, -0.1) is 0 Å². The molecule has 1 atom stereocenters. The normalized spacial score (nSPS) is 14.2. The number of hydrogen-bond donors (Lipinski definition) is 1. The van der Waals surface area contributed by atoms with Crippen LogP contribution in [-0.2, 0) is 6.42 Å². The highest BCUT2D eigenvalue weighted by molar-refractivity contribution is 5.95. The monoisotopic (exact) mass is 299 g/mol. The minimum Gasteiger partial charge on any atom is -0.486 e. The van der Waals surface area contributed by atoms with Gasteiger partial charge in [-0.25, -0.2) is 0 Å². The van der Waals surface area contributed by atoms with E-state index >= 15 is 0 Å². The number of nitrogens with one attached hydrogen (secondary N) is 1. The molecular weight excluding hydrogens is 282 g/mol. The summed E-state index contributed by atoms with van der Waals surface area (Å²) < 4.78 is 10.9. The van der Waals surface area contributed by atoms with Crippen molar-refractivity contribution in [2.45, 2.75) is 19.4 Å². The van der Waals surface area contributed by atoms with E-state index in [-0.39, 0.29) is 11.9 Å². The van der Waals surface area contributed by atoms with E-state index in [2.05, 4.69) is 15.3 Å². The molecule has 1 aliphatic rings. The number of nitrogens with zero attached hydrogens (tertiary/aromatic N) is 2. The van der Waals surface area contributed by atoms with Crippen LogP contribution in [0.25, 0.3) is 0 Å². The van der Waals surface area contributed by atoms with Gasteiger partial charge in [-0.05, 0) is 25.1 Å². The van der Waals surface area contributed by atoms with Crippen LogP contribution in [0.2, 0.25) is 0 Å². The number of aromatic nitrogens is 2. The molecule has 0 spiro atoms. The van der Waals surface area contributed by atoms with Gasteiger partial charge in [-0.2, -0.15) is 0 Å². The van der Waals surface area contributed by atoms with Crippen LogP contribution in [-0.4, -0.2) is 35.1 Å². The fraction of sp³-hybridized carbons (Fsp3) is 0.312. The highest BCUT2D eigenvalue weighted by Crippen LogP contribution is 2.30. The third-order valence-corrected chi connectivity index (χ3v) is 3.31. The summed E-state index contributed by atoms with van der Waals surface area (Å²) in [5, 5.41) is 2.95. The maximum Gasteiger partial charge on any atom is 0.251 e. The molecule has 0 radical (unpaired) electrons. The van der Waals surface area contributed by atoms with Crippen LogP contribution in [0, 0.1) is 0 Å². The van der Waals surface area contributed by atoms with Gasteiger partial charge in [0.1, 0.15) is 13.2 Å². The average Bonchev–Trinajstić information content (AvgIpc) is 2.55. The Kier molecular flexibility index (Phi) is 4.18. The second-order valence-corrected chi connectivity index (χ2v) is 5.13. The van der Waals surface area contributed by atoms with Gasteiger partial charge in [0.15, 0.2) is 11.5 Å². The van der Waals surface area contributed by atoms with E-state index in [9.17, 15) is 4.79 Å². The van der Waals surface area contributed by atoms with Gasteiger partial charge in [0.2, 0.25) is 0 Å². The predicted octanol–water partition coefficient (Wildman–Crippen LogP) is 1.61. The third-order valence-electron chi connectivity index (χ3n) is 3.31. The summed E-state index contributed by atoms with van der Waals surface area (Å²) >= 11 is 0. The first-order valence-electron chi connectivity index (χ1n) is 7.18. The summed E-state index contributed by atoms with van der Waals surface area (Å²) in [4.78, 5) is 20.5. The zero-order chi connectivity index (χ0) is 15.4. The van der Waals surface area contributed by atoms with Crippen LogP contribution in [0.5, 0.6) is 11.5 Å². The number of fused-ring (bicyclic) bond motifs is 1. The number of carbonyl (C=O) groups is 1. The van der Waals surface area contributed by atoms with E-state index in [1.807, 2.05) is 6.92 Å². The summed E-state index contributed by atoms with van der Waals surface area (Å²) in [5.41, 5.74) is 1.40. The molecule has 22 heavy (non-hydrogen) atoms. The van der Waals surface area contributed by atoms with Gasteiger partial charge in [0, 0.05) is 36.6 Å². The number of ether oxygens (including phenoxy) is 2. The molecule has 2 heterocycles. The lowest BCUT2D eigenvalue weighted by molar-refractivity contribution is 0.0938. The van der Waals surface area contributed by atoms with Crippen molar-refractivity contribution in [2.24, 2.45) is 0 Å². The van der Waals surface area contributed by atoms with Gasteiger partial charge < -0.3 is 14.8 Å². The molecule has 3 rings (SSSR count). The summed E-state index contributed by atoms with van der Waals surface area (Å²) in [6, 6.07) is 5.16. The van der Waals surface area contributed by atoms with Crippen LogP contribution in [0.3, 0.4) is 0 Å². The number of amides is 1. The number of rotatable bonds is 4. The Bertz CT molecular complexity index is 661. The molecular formula is C16H17N3O3. The second kappa shape index (κ2) is 6.43. The molecule has 0 bridgehead atoms. The maximum atomic E-state index is 12.3. The smallest absolute Gasteiger partial charge is 0.251 e. The van der Waals surface area contributed by atoms with Gasteiger partial charge >= 0.3 is 0 Å². The van der Waals surface area contributed by atoms with E-state index in [0.717, 1.165) is 5.69 Å². The molecule has 1 unspecified atom stereocenters. The summed E-state index contributed by atoms with van der Waals surface area (Å²) in [7, 11) is 0. The molecule has 1 amide bonds. The van der Waals surface area contributed by atoms with Crippen LogP contribution in [0.4, 0.5) is 0 Å². The highest BCUT2D eigenvalue weighted by Gasteiger charge is 2.16. The van der Waals surface area contributed by atoms with Crippen molar-refractivity contribution in [3.63, 3.8) is 0 Å². The third kappa shape index (κ3) is 3.33. The van der Waals surface area contributed by atoms with E-state index < -0.39 is 0 Å². The van der Waals surface area contributed by atoms with E-state index in [0.29, 0.717) is 36.7 Å². The average molecular weight is 299 g/mol. The zero-order valence-corrected chi connectivity index (χ0v) is 12.3. The Hall–Kier alpha value is -2.63. The van der Waals surface area contributed by atoms with Crippen molar-refractivity contribution in [3.8, 4) is 11.5 Å². The standard InChI is InChI=1S/C16H17N3O3/c1-11(8-13-10-17-4-5-18-13)19-16(20)12-2-3-14-15(9-12)22-7-6-21-14/h2-5,9-11H,6-8H2,1H3,(H,19,20). The van der Waals surface area contributed by atoms with Crippen LogP contribution in [0.1, 0.15) is 23.0 Å². The Balaban J connectivity index is 1.64. The number of carbonyl (C=O) groups excluding carboxylic acids is 1. The Morgan fingerprint density at radius 2 is 2.09 bits per heavy atom. The van der Waals surface area contributed by atoms with Crippen molar-refractivity contribution < 1.29 is 14.3 Å². The van der Waals surface area contributed by atoms with E-state index in [1.165, 1.54) is 0 Å². The molecule has 1 aromatic heterocycles. The second-order valence-electron chi connectivity index (χ2n) is 5.13. The lowest BCUT2D eigenvalue weighted by atomic mass is 10.1. The number of benzene rings is 1. The van der Waals surface area contributed by atoms with Crippen LogP contribution >= 0.6 is 0 Å². The van der Waals surface area contributed by atoms with E-state index in [4.69, 9.17) is 9.47 Å². The molecule has 6 nitrogen and oxygen atoms in total. The summed E-state index contributed by atoms with van der Waals surface area (Å²) in [6.45, 7) is 2.97. The van der Waals surface area contributed by atoms with Crippen LogP contribution in [0.15, 0.2) is 36.8 Å². The molecule has 1 aromatic carbocycles. The molecule has 6 heteroatoms. The largest absolute Gasteiger partial charge is 0.486 e. The molecule has 1 aliphatic heterocycles. The Morgan fingerprint density at radius 1 is 1.27 bits per heavy atom. The fourth-order valence-electron chi connectivity index (χ4n) is 2.29. The quantitative estimate of drug-likeness (QED) is 0.928. The fourth-order valence-corrected chi connectivity index (χ4v) is 2.29. The van der Waals surface area contributed by atoms with Crippen molar-refractivity contribution in [3.05, 3.63) is 48.0 Å². The summed E-state index contributed by atoms with van der Waals surface area (Å²) in [6.07, 6.45) is 5.60. The van der Waals surface area contributed by atoms with Crippen molar-refractivity contribution in [1.29, 1.82) is 0 Å². The number of hydrogen-bond acceptors (Lipinski definition) is 5. The minimum atomic E-state index is -0.145. The van der Waals surface area contributed by atoms with Crippen molar-refractivity contribution >= 4 is 5.91 Å². The molecule has 0 saturated heterocycles. The molecule has 0 saturated carbocycles. The highest BCUT2D eigenvalue weighted by atomic mass is 16.6. The minimum absolute atomic E-state index is 0.0441. The molecule has 2 aromatic rings. The maximum absolute atomic E-state index is 12.3. The summed E-state index contributed by atoms with van der Waals surface area (Å²) in [5.74, 6) is 1.14. The van der Waals surface area contributed by atoms with E-state index in [1.54, 1.807) is 36.8 Å². The molecule has 114 valence electrons. The van der Waals surface area contributed by atoms with Gasteiger partial charge in [0.25, 0.3) is 5.91 Å². The van der Waals surface area contributed by atoms with Gasteiger partial charge in [-0.1, -0.05) is 0 Å². The first-order valence-corrected chi connectivity index (χ1v) is 7.18. The lowest BCUT2D eigenvalue weighted by Crippen LogP contribution is -2.34. The topological polar surface area (TPSA) is 73.3 Å². The predicted molar refractivity (Wildman–Crippen MR) is 80.1 cm³/mol. The Morgan fingerprint density at radius 3 is 2.86 bits per heavy atom. The molecule has 0 aliphatic carbocycles. The van der Waals surface area contributed by atoms with Gasteiger partial charge in [-0.3, -0.25) is 14.8 Å². The molecule has 1 N–H and O–H groups in total. The SMILES string of the molecule is CC(Cc1cnccn1)NC(=O)c1ccc2c(c1)OCCO2. The first kappa shape index (κ1) is 14.3. The first-order chi connectivity index (χ1) is 10.7. The van der Waals surface area contributed by atoms with Gasteiger partial charge in [0.05, 0.1) is 5.69 Å². The zero-order valence-electron chi connectivity index (χ0n) is 12.3. The molecule has 0 fully saturated rings. The van der Waals surface area contributed by atoms with Crippen molar-refractivity contribution in [2.75, 3.05) is 13.2 Å².